The van der Waals surface area contributed by atoms with E-state index in [2.05, 4.69) is 15.9 Å². The van der Waals surface area contributed by atoms with Crippen molar-refractivity contribution in [3.8, 4) is 5.75 Å². The molecule has 0 fully saturated rings. The number of nitrogens with two attached hydrogens (primary N) is 1. The minimum atomic E-state index is -0.489. The summed E-state index contributed by atoms with van der Waals surface area (Å²) in [6, 6.07) is 10.4. The standard InChI is InChI=1S/C15H14BrClFNO/c1-20-13-5-3-2-4-9(13)8-12(19)10-6-7-11(16)14(17)15(10)18/h2-7,12H,8,19H2,1H3. The van der Waals surface area contributed by atoms with Crippen molar-refractivity contribution >= 4 is 27.5 Å². The molecule has 1 atom stereocenters. The molecule has 2 rings (SSSR count). The Morgan fingerprint density at radius 2 is 2.00 bits per heavy atom. The van der Waals surface area contributed by atoms with Crippen molar-refractivity contribution in [3.63, 3.8) is 0 Å². The van der Waals surface area contributed by atoms with E-state index in [-0.39, 0.29) is 5.02 Å². The number of hydrogen-bond acceptors (Lipinski definition) is 2. The molecule has 0 aromatic heterocycles. The maximum Gasteiger partial charge on any atom is 0.147 e. The molecule has 0 radical (unpaired) electrons. The molecule has 0 saturated heterocycles. The molecule has 2 N–H and O–H groups in total. The highest BCUT2D eigenvalue weighted by molar-refractivity contribution is 9.10. The van der Waals surface area contributed by atoms with Gasteiger partial charge in [0.25, 0.3) is 0 Å². The van der Waals surface area contributed by atoms with Crippen LogP contribution in [0.5, 0.6) is 5.75 Å². The highest BCUT2D eigenvalue weighted by Crippen LogP contribution is 2.31. The third kappa shape index (κ3) is 3.14. The minimum absolute atomic E-state index is 0.0537. The van der Waals surface area contributed by atoms with E-state index < -0.39 is 11.9 Å². The zero-order valence-corrected chi connectivity index (χ0v) is 13.2. The van der Waals surface area contributed by atoms with Crippen LogP contribution in [-0.2, 0) is 6.42 Å². The summed E-state index contributed by atoms with van der Waals surface area (Å²) in [6.45, 7) is 0. The van der Waals surface area contributed by atoms with Gasteiger partial charge in [0, 0.05) is 16.1 Å². The van der Waals surface area contributed by atoms with E-state index in [0.717, 1.165) is 11.3 Å². The highest BCUT2D eigenvalue weighted by atomic mass is 79.9. The van der Waals surface area contributed by atoms with Crippen LogP contribution in [0, 0.1) is 5.82 Å². The lowest BCUT2D eigenvalue weighted by atomic mass is 9.98. The summed E-state index contributed by atoms with van der Waals surface area (Å²) in [5.74, 6) is 0.259. The third-order valence-corrected chi connectivity index (χ3v) is 4.36. The summed E-state index contributed by atoms with van der Waals surface area (Å²) in [5.41, 5.74) is 7.43. The Hall–Kier alpha value is -1.10. The smallest absolute Gasteiger partial charge is 0.147 e. The molecule has 20 heavy (non-hydrogen) atoms. The van der Waals surface area contributed by atoms with Gasteiger partial charge < -0.3 is 10.5 Å². The second-order valence-electron chi connectivity index (χ2n) is 4.39. The molecule has 2 aromatic carbocycles. The van der Waals surface area contributed by atoms with Gasteiger partial charge in [-0.3, -0.25) is 0 Å². The predicted octanol–water partition coefficient (Wildman–Crippen LogP) is 4.49. The Morgan fingerprint density at radius 3 is 2.70 bits per heavy atom. The summed E-state index contributed by atoms with van der Waals surface area (Å²) in [6.07, 6.45) is 0.471. The van der Waals surface area contributed by atoms with Gasteiger partial charge in [0.2, 0.25) is 0 Å². The normalized spacial score (nSPS) is 12.2. The lowest BCUT2D eigenvalue weighted by molar-refractivity contribution is 0.408. The molecule has 0 amide bonds. The van der Waals surface area contributed by atoms with E-state index in [1.54, 1.807) is 19.2 Å². The molecule has 0 aliphatic rings. The third-order valence-electron chi connectivity index (χ3n) is 3.10. The quantitative estimate of drug-likeness (QED) is 0.817. The molecule has 106 valence electrons. The first kappa shape index (κ1) is 15.3. The second kappa shape index (κ2) is 6.57. The summed E-state index contributed by atoms with van der Waals surface area (Å²) < 4.78 is 19.9. The van der Waals surface area contributed by atoms with Crippen molar-refractivity contribution in [1.82, 2.24) is 0 Å². The van der Waals surface area contributed by atoms with E-state index >= 15 is 0 Å². The Morgan fingerprint density at radius 1 is 1.30 bits per heavy atom. The van der Waals surface area contributed by atoms with Crippen molar-refractivity contribution in [3.05, 3.63) is 62.8 Å². The number of rotatable bonds is 4. The van der Waals surface area contributed by atoms with Gasteiger partial charge in [0.05, 0.1) is 12.1 Å². The number of benzene rings is 2. The molecule has 2 nitrogen and oxygen atoms in total. The largest absolute Gasteiger partial charge is 0.496 e. The average Bonchev–Trinajstić information content (AvgIpc) is 2.45. The molecular formula is C15H14BrClFNO. The lowest BCUT2D eigenvalue weighted by Gasteiger charge is -2.16. The zero-order valence-electron chi connectivity index (χ0n) is 10.9. The molecule has 0 aliphatic carbocycles. The Labute approximate surface area is 130 Å². The fourth-order valence-corrected chi connectivity index (χ4v) is 2.52. The van der Waals surface area contributed by atoms with Crippen molar-refractivity contribution in [2.75, 3.05) is 7.11 Å². The van der Waals surface area contributed by atoms with Gasteiger partial charge in [-0.2, -0.15) is 0 Å². The van der Waals surface area contributed by atoms with E-state index in [4.69, 9.17) is 22.1 Å². The fourth-order valence-electron chi connectivity index (χ4n) is 2.05. The maximum absolute atomic E-state index is 14.1. The first-order valence-electron chi connectivity index (χ1n) is 6.05. The molecular weight excluding hydrogens is 345 g/mol. The fraction of sp³-hybridized carbons (Fsp3) is 0.200. The molecule has 0 saturated carbocycles. The monoisotopic (exact) mass is 357 g/mol. The van der Waals surface area contributed by atoms with Crippen molar-refractivity contribution in [2.45, 2.75) is 12.5 Å². The Balaban J connectivity index is 2.29. The maximum atomic E-state index is 14.1. The van der Waals surface area contributed by atoms with Crippen LogP contribution in [0.3, 0.4) is 0 Å². The van der Waals surface area contributed by atoms with Crippen LogP contribution in [0.15, 0.2) is 40.9 Å². The van der Waals surface area contributed by atoms with Gasteiger partial charge >= 0.3 is 0 Å². The molecule has 2 aromatic rings. The first-order chi connectivity index (χ1) is 9.54. The van der Waals surface area contributed by atoms with Crippen molar-refractivity contribution < 1.29 is 9.13 Å². The summed E-state index contributed by atoms with van der Waals surface area (Å²) >= 11 is 9.07. The van der Waals surface area contributed by atoms with E-state index in [1.807, 2.05) is 24.3 Å². The van der Waals surface area contributed by atoms with Crippen molar-refractivity contribution in [1.29, 1.82) is 0 Å². The number of methoxy groups -OCH3 is 1. The number of halogens is 3. The first-order valence-corrected chi connectivity index (χ1v) is 7.22. The average molecular weight is 359 g/mol. The van der Waals surface area contributed by atoms with Crippen LogP contribution in [0.4, 0.5) is 4.39 Å². The Bertz CT molecular complexity index is 621. The van der Waals surface area contributed by atoms with Gasteiger partial charge in [-0.15, -0.1) is 0 Å². The summed E-state index contributed by atoms with van der Waals surface area (Å²) in [7, 11) is 1.60. The van der Waals surface area contributed by atoms with Gasteiger partial charge in [-0.05, 0) is 40.0 Å². The topological polar surface area (TPSA) is 35.2 Å². The number of ether oxygens (including phenoxy) is 1. The highest BCUT2D eigenvalue weighted by Gasteiger charge is 2.17. The van der Waals surface area contributed by atoms with Crippen molar-refractivity contribution in [2.24, 2.45) is 5.73 Å². The second-order valence-corrected chi connectivity index (χ2v) is 5.62. The molecule has 0 aliphatic heterocycles. The Kier molecular flexibility index (Phi) is 5.02. The predicted molar refractivity (Wildman–Crippen MR) is 82.7 cm³/mol. The zero-order chi connectivity index (χ0) is 14.7. The summed E-state index contributed by atoms with van der Waals surface area (Å²) in [5, 5.41) is 0.0537. The van der Waals surface area contributed by atoms with E-state index in [1.165, 1.54) is 0 Å². The molecule has 0 spiro atoms. The SMILES string of the molecule is COc1ccccc1CC(N)c1ccc(Br)c(Cl)c1F. The lowest BCUT2D eigenvalue weighted by Crippen LogP contribution is -2.15. The van der Waals surface area contributed by atoms with E-state index in [9.17, 15) is 4.39 Å². The number of hydrogen-bond donors (Lipinski definition) is 1. The van der Waals surface area contributed by atoms with Crippen LogP contribution in [0.2, 0.25) is 5.02 Å². The van der Waals surface area contributed by atoms with Crippen LogP contribution in [0.1, 0.15) is 17.2 Å². The molecule has 1 unspecified atom stereocenters. The van der Waals surface area contributed by atoms with Gasteiger partial charge in [0.15, 0.2) is 0 Å². The molecule has 5 heteroatoms. The van der Waals surface area contributed by atoms with Crippen LogP contribution in [-0.4, -0.2) is 7.11 Å². The number of para-hydroxylation sites is 1. The summed E-state index contributed by atoms with van der Waals surface area (Å²) in [4.78, 5) is 0. The molecule has 0 bridgehead atoms. The van der Waals surface area contributed by atoms with Gasteiger partial charge in [-0.25, -0.2) is 4.39 Å². The minimum Gasteiger partial charge on any atom is -0.496 e. The molecule has 0 heterocycles. The van der Waals surface area contributed by atoms with Gasteiger partial charge in [-0.1, -0.05) is 35.9 Å². The van der Waals surface area contributed by atoms with Gasteiger partial charge in [0.1, 0.15) is 11.6 Å². The van der Waals surface area contributed by atoms with E-state index in [0.29, 0.717) is 16.5 Å². The van der Waals surface area contributed by atoms with Crippen LogP contribution < -0.4 is 10.5 Å². The van der Waals surface area contributed by atoms with Crippen LogP contribution >= 0.6 is 27.5 Å². The van der Waals surface area contributed by atoms with Crippen LogP contribution in [0.25, 0.3) is 0 Å².